The summed E-state index contributed by atoms with van der Waals surface area (Å²) in [6.07, 6.45) is -1.79. The maximum absolute atomic E-state index is 12.8. The van der Waals surface area contributed by atoms with E-state index in [1.54, 1.807) is 0 Å². The molecule has 3 rings (SSSR count). The molecular formula is C15H12F3N3O3S. The number of carbonyl (C=O) groups excluding carboxylic acids is 1. The van der Waals surface area contributed by atoms with Crippen molar-refractivity contribution >= 4 is 33.3 Å². The van der Waals surface area contributed by atoms with Gasteiger partial charge in [-0.05, 0) is 24.3 Å². The number of fused-ring (bicyclic) bond motifs is 1. The van der Waals surface area contributed by atoms with Gasteiger partial charge >= 0.3 is 12.1 Å². The maximum Gasteiger partial charge on any atom is 0.416 e. The molecule has 25 heavy (non-hydrogen) atoms. The van der Waals surface area contributed by atoms with E-state index >= 15 is 0 Å². The highest BCUT2D eigenvalue weighted by molar-refractivity contribution is 7.18. The molecule has 0 radical (unpaired) electrons. The van der Waals surface area contributed by atoms with Gasteiger partial charge in [-0.25, -0.2) is 9.99 Å². The van der Waals surface area contributed by atoms with Crippen LogP contribution >= 0.6 is 11.3 Å². The van der Waals surface area contributed by atoms with Gasteiger partial charge in [-0.3, -0.25) is 9.59 Å². The number of aromatic nitrogens is 1. The minimum absolute atomic E-state index is 0.0203. The van der Waals surface area contributed by atoms with Gasteiger partial charge < -0.3 is 10.1 Å². The van der Waals surface area contributed by atoms with Crippen LogP contribution in [0.3, 0.4) is 0 Å². The lowest BCUT2D eigenvalue weighted by Crippen LogP contribution is -2.46. The summed E-state index contributed by atoms with van der Waals surface area (Å²) in [4.78, 5) is 26.7. The fraction of sp³-hybridized carbons (Fsp3) is 0.267. The number of hydrazine groups is 1. The zero-order valence-corrected chi connectivity index (χ0v) is 13.5. The van der Waals surface area contributed by atoms with Crippen LogP contribution in [-0.4, -0.2) is 45.0 Å². The Morgan fingerprint density at radius 2 is 2.12 bits per heavy atom. The molecular weight excluding hydrogens is 359 g/mol. The van der Waals surface area contributed by atoms with E-state index in [0.29, 0.717) is 9.71 Å². The molecule has 0 spiro atoms. The summed E-state index contributed by atoms with van der Waals surface area (Å²) in [7, 11) is 0. The molecule has 132 valence electrons. The number of carboxylic acids is 1. The summed E-state index contributed by atoms with van der Waals surface area (Å²) >= 11 is 1.20. The van der Waals surface area contributed by atoms with Gasteiger partial charge in [0.25, 0.3) is 0 Å². The fourth-order valence-corrected chi connectivity index (χ4v) is 3.36. The minimum Gasteiger partial charge on any atom is -0.480 e. The number of rotatable bonds is 4. The average Bonchev–Trinajstić information content (AvgIpc) is 2.90. The van der Waals surface area contributed by atoms with E-state index in [-0.39, 0.29) is 30.9 Å². The van der Waals surface area contributed by atoms with Crippen molar-refractivity contribution in [3.8, 4) is 0 Å². The molecule has 0 saturated carbocycles. The second-order valence-corrected chi connectivity index (χ2v) is 6.50. The summed E-state index contributed by atoms with van der Waals surface area (Å²) in [6.45, 7) is -0.218. The SMILES string of the molecule is O=C(O)CN1C=CC(=O)CN1Cc1nc2cc(C(F)(F)F)ccc2s1. The second kappa shape index (κ2) is 6.45. The first-order valence-corrected chi connectivity index (χ1v) is 7.95. The summed E-state index contributed by atoms with van der Waals surface area (Å²) in [6, 6.07) is 3.33. The number of benzene rings is 1. The van der Waals surface area contributed by atoms with Crippen molar-refractivity contribution < 1.29 is 27.9 Å². The summed E-state index contributed by atoms with van der Waals surface area (Å²) in [5.41, 5.74) is -0.557. The summed E-state index contributed by atoms with van der Waals surface area (Å²) < 4.78 is 38.9. The zero-order chi connectivity index (χ0) is 18.2. The molecule has 1 aromatic heterocycles. The molecule has 6 nitrogen and oxygen atoms in total. The lowest BCUT2D eigenvalue weighted by atomic mass is 10.2. The molecule has 1 aliphatic heterocycles. The topological polar surface area (TPSA) is 73.7 Å². The van der Waals surface area contributed by atoms with Crippen molar-refractivity contribution in [1.29, 1.82) is 0 Å². The standard InChI is InChI=1S/C15H12F3N3O3S/c16-15(17,18)9-1-2-12-11(5-9)19-13(25-12)7-21-6-10(22)3-4-20(21)8-14(23)24/h1-5H,6-8H2,(H,23,24). The van der Waals surface area contributed by atoms with E-state index in [2.05, 4.69) is 4.98 Å². The van der Waals surface area contributed by atoms with Gasteiger partial charge in [0.05, 0.1) is 28.9 Å². The Balaban J connectivity index is 1.85. The van der Waals surface area contributed by atoms with Gasteiger partial charge in [0.2, 0.25) is 0 Å². The molecule has 1 aromatic carbocycles. The quantitative estimate of drug-likeness (QED) is 0.890. The van der Waals surface area contributed by atoms with E-state index < -0.39 is 17.7 Å². The first-order chi connectivity index (χ1) is 11.7. The molecule has 0 aliphatic carbocycles. The number of hydrogen-bond acceptors (Lipinski definition) is 6. The molecule has 0 unspecified atom stereocenters. The van der Waals surface area contributed by atoms with Gasteiger partial charge in [0.1, 0.15) is 11.6 Å². The molecule has 1 aliphatic rings. The lowest BCUT2D eigenvalue weighted by Gasteiger charge is -2.33. The first-order valence-electron chi connectivity index (χ1n) is 7.13. The first kappa shape index (κ1) is 17.4. The molecule has 1 N–H and O–H groups in total. The Morgan fingerprint density at radius 1 is 1.36 bits per heavy atom. The predicted molar refractivity (Wildman–Crippen MR) is 83.5 cm³/mol. The van der Waals surface area contributed by atoms with Crippen molar-refractivity contribution in [2.45, 2.75) is 12.7 Å². The third kappa shape index (κ3) is 3.97. The number of nitrogens with zero attached hydrogens (tertiary/aromatic N) is 3. The minimum atomic E-state index is -4.44. The Labute approximate surface area is 143 Å². The van der Waals surface area contributed by atoms with E-state index in [9.17, 15) is 22.8 Å². The number of halogens is 3. The molecule has 0 amide bonds. The van der Waals surface area contributed by atoms with Gasteiger partial charge in [-0.1, -0.05) is 0 Å². The van der Waals surface area contributed by atoms with E-state index in [1.807, 2.05) is 0 Å². The maximum atomic E-state index is 12.8. The van der Waals surface area contributed by atoms with E-state index in [1.165, 1.54) is 39.7 Å². The van der Waals surface area contributed by atoms with Crippen LogP contribution in [-0.2, 0) is 22.3 Å². The number of hydrogen-bond donors (Lipinski definition) is 1. The Kier molecular flexibility index (Phi) is 4.48. The largest absolute Gasteiger partial charge is 0.480 e. The summed E-state index contributed by atoms with van der Waals surface area (Å²) in [5.74, 6) is -1.26. The van der Waals surface area contributed by atoms with Crippen LogP contribution in [0.15, 0.2) is 30.5 Å². The fourth-order valence-electron chi connectivity index (χ4n) is 2.40. The van der Waals surface area contributed by atoms with Crippen molar-refractivity contribution in [1.82, 2.24) is 15.0 Å². The number of carboxylic acid groups (broad SMARTS) is 1. The molecule has 2 aromatic rings. The van der Waals surface area contributed by atoms with Crippen molar-refractivity contribution in [3.05, 3.63) is 41.0 Å². The van der Waals surface area contributed by atoms with Crippen LogP contribution in [0.5, 0.6) is 0 Å². The Morgan fingerprint density at radius 3 is 2.80 bits per heavy atom. The smallest absolute Gasteiger partial charge is 0.416 e. The van der Waals surface area contributed by atoms with Crippen LogP contribution < -0.4 is 0 Å². The highest BCUT2D eigenvalue weighted by atomic mass is 32.1. The molecule has 0 fully saturated rings. The second-order valence-electron chi connectivity index (χ2n) is 5.38. The van der Waals surface area contributed by atoms with Crippen LogP contribution in [0.25, 0.3) is 10.2 Å². The highest BCUT2D eigenvalue weighted by Crippen LogP contribution is 2.33. The number of alkyl halides is 3. The van der Waals surface area contributed by atoms with Crippen molar-refractivity contribution in [2.75, 3.05) is 13.1 Å². The Bertz CT molecular complexity index is 863. The van der Waals surface area contributed by atoms with Crippen LogP contribution in [0.2, 0.25) is 0 Å². The molecule has 0 atom stereocenters. The molecule has 2 heterocycles. The van der Waals surface area contributed by atoms with Gasteiger partial charge in [-0.2, -0.15) is 13.2 Å². The summed E-state index contributed by atoms with van der Waals surface area (Å²) in [5, 5.41) is 12.3. The normalized spacial score (nSPS) is 16.0. The number of aliphatic carboxylic acids is 1. The van der Waals surface area contributed by atoms with Crippen molar-refractivity contribution in [3.63, 3.8) is 0 Å². The van der Waals surface area contributed by atoms with Crippen LogP contribution in [0.4, 0.5) is 13.2 Å². The third-order valence-corrected chi connectivity index (χ3v) is 4.53. The van der Waals surface area contributed by atoms with E-state index in [0.717, 1.165) is 12.1 Å². The van der Waals surface area contributed by atoms with Gasteiger partial charge in [0.15, 0.2) is 5.78 Å². The Hall–Kier alpha value is -2.46. The van der Waals surface area contributed by atoms with Crippen molar-refractivity contribution in [2.24, 2.45) is 0 Å². The number of ketones is 1. The molecule has 0 saturated heterocycles. The predicted octanol–water partition coefficient (Wildman–Crippen LogP) is 2.52. The monoisotopic (exact) mass is 371 g/mol. The van der Waals surface area contributed by atoms with E-state index in [4.69, 9.17) is 5.11 Å². The third-order valence-electron chi connectivity index (χ3n) is 3.51. The lowest BCUT2D eigenvalue weighted by molar-refractivity contribution is -0.144. The number of thiazole rings is 1. The zero-order valence-electron chi connectivity index (χ0n) is 12.7. The van der Waals surface area contributed by atoms with Crippen LogP contribution in [0.1, 0.15) is 10.6 Å². The molecule has 10 heteroatoms. The van der Waals surface area contributed by atoms with Gasteiger partial charge in [0, 0.05) is 6.20 Å². The van der Waals surface area contributed by atoms with Crippen LogP contribution in [0, 0.1) is 0 Å². The average molecular weight is 371 g/mol. The molecule has 0 bridgehead atoms. The number of carbonyl (C=O) groups is 2. The highest BCUT2D eigenvalue weighted by Gasteiger charge is 2.31. The van der Waals surface area contributed by atoms with Gasteiger partial charge in [-0.15, -0.1) is 11.3 Å².